The van der Waals surface area contributed by atoms with Crippen LogP contribution in [0.2, 0.25) is 10.0 Å². The molecule has 3 aromatic carbocycles. The smallest absolute Gasteiger partial charge is 0.410 e. The van der Waals surface area contributed by atoms with Gasteiger partial charge in [0.05, 0.1) is 30.1 Å². The van der Waals surface area contributed by atoms with Gasteiger partial charge in [0, 0.05) is 41.8 Å². The van der Waals surface area contributed by atoms with Gasteiger partial charge in [0.25, 0.3) is 5.91 Å². The lowest BCUT2D eigenvalue weighted by Crippen LogP contribution is -2.62. The number of halogens is 2. The lowest BCUT2D eigenvalue weighted by atomic mass is 9.93. The van der Waals surface area contributed by atoms with E-state index >= 15 is 0 Å². The van der Waals surface area contributed by atoms with Crippen molar-refractivity contribution in [1.29, 1.82) is 0 Å². The van der Waals surface area contributed by atoms with Crippen molar-refractivity contribution in [3.05, 3.63) is 99.5 Å². The molecule has 2 aliphatic rings. The standard InChI is InChI=1S/C32H36Cl2N4O5S/c1-32(2,3)43-31(40)37-17-26(18-37)35-30(39)23-6-5-7-27(16-23)38(44(4,41)42)28-19-36(20-28)29(21-8-12-24(33)13-9-21)22-10-14-25(34)15-11-22/h5-16,26,28-29H,17-20H2,1-4H3,(H,35,39). The third-order valence-corrected chi connectivity index (χ3v) is 9.27. The van der Waals surface area contributed by atoms with Crippen LogP contribution in [-0.4, -0.2) is 80.3 Å². The number of nitrogens with zero attached hydrogens (tertiary/aromatic N) is 3. The van der Waals surface area contributed by atoms with Crippen LogP contribution in [0.3, 0.4) is 0 Å². The highest BCUT2D eigenvalue weighted by Crippen LogP contribution is 2.37. The van der Waals surface area contributed by atoms with Crippen molar-refractivity contribution >= 4 is 50.9 Å². The molecular weight excluding hydrogens is 623 g/mol. The summed E-state index contributed by atoms with van der Waals surface area (Å²) in [5.41, 5.74) is 2.22. The number of amides is 2. The van der Waals surface area contributed by atoms with Gasteiger partial charge in [0.2, 0.25) is 10.0 Å². The van der Waals surface area contributed by atoms with E-state index in [0.717, 1.165) is 11.1 Å². The number of anilines is 1. The van der Waals surface area contributed by atoms with Crippen LogP contribution in [0.15, 0.2) is 72.8 Å². The molecule has 2 aliphatic heterocycles. The van der Waals surface area contributed by atoms with E-state index in [-0.39, 0.29) is 24.0 Å². The van der Waals surface area contributed by atoms with E-state index in [1.54, 1.807) is 45.0 Å². The van der Waals surface area contributed by atoms with Crippen LogP contribution >= 0.6 is 23.2 Å². The molecule has 0 aromatic heterocycles. The number of ether oxygens (including phenoxy) is 1. The molecule has 2 heterocycles. The maximum atomic E-state index is 13.1. The van der Waals surface area contributed by atoms with Gasteiger partial charge in [-0.05, 0) is 74.4 Å². The Hall–Kier alpha value is -3.31. The highest BCUT2D eigenvalue weighted by atomic mass is 35.5. The molecule has 2 fully saturated rings. The summed E-state index contributed by atoms with van der Waals surface area (Å²) in [6.07, 6.45) is 0.760. The van der Waals surface area contributed by atoms with Crippen LogP contribution < -0.4 is 9.62 Å². The van der Waals surface area contributed by atoms with Crippen molar-refractivity contribution in [1.82, 2.24) is 15.1 Å². The topological polar surface area (TPSA) is 99.3 Å². The van der Waals surface area contributed by atoms with E-state index in [4.69, 9.17) is 27.9 Å². The molecule has 234 valence electrons. The Kier molecular flexibility index (Phi) is 9.18. The summed E-state index contributed by atoms with van der Waals surface area (Å²) in [5, 5.41) is 4.19. The van der Waals surface area contributed by atoms with Crippen molar-refractivity contribution in [3.8, 4) is 0 Å². The number of carbonyl (C=O) groups is 2. The van der Waals surface area contributed by atoms with Crippen LogP contribution in [0, 0.1) is 0 Å². The van der Waals surface area contributed by atoms with Crippen molar-refractivity contribution in [2.75, 3.05) is 36.7 Å². The lowest BCUT2D eigenvalue weighted by molar-refractivity contribution is 0.00533. The molecule has 0 spiro atoms. The summed E-state index contributed by atoms with van der Waals surface area (Å²) >= 11 is 12.3. The molecule has 0 unspecified atom stereocenters. The molecule has 0 bridgehead atoms. The fourth-order valence-electron chi connectivity index (χ4n) is 5.52. The quantitative estimate of drug-likeness (QED) is 0.339. The maximum absolute atomic E-state index is 13.1. The fourth-order valence-corrected chi connectivity index (χ4v) is 6.95. The van der Waals surface area contributed by atoms with E-state index in [1.165, 1.54) is 15.5 Å². The summed E-state index contributed by atoms with van der Waals surface area (Å²) < 4.78 is 33.0. The summed E-state index contributed by atoms with van der Waals surface area (Å²) in [4.78, 5) is 29.1. The Balaban J connectivity index is 1.28. The number of hydrogen-bond donors (Lipinski definition) is 1. The van der Waals surface area contributed by atoms with Gasteiger partial charge >= 0.3 is 6.09 Å². The first-order valence-corrected chi connectivity index (χ1v) is 16.9. The minimum Gasteiger partial charge on any atom is -0.444 e. The molecule has 0 radical (unpaired) electrons. The Morgan fingerprint density at radius 3 is 1.95 bits per heavy atom. The Morgan fingerprint density at radius 1 is 0.909 bits per heavy atom. The van der Waals surface area contributed by atoms with E-state index in [0.29, 0.717) is 47.5 Å². The zero-order valence-corrected chi connectivity index (χ0v) is 27.4. The average Bonchev–Trinajstić information content (AvgIpc) is 2.89. The largest absolute Gasteiger partial charge is 0.444 e. The maximum Gasteiger partial charge on any atom is 0.410 e. The van der Waals surface area contributed by atoms with Crippen molar-refractivity contribution in [2.24, 2.45) is 0 Å². The van der Waals surface area contributed by atoms with Gasteiger partial charge in [0.1, 0.15) is 5.60 Å². The fraction of sp³-hybridized carbons (Fsp3) is 0.375. The zero-order chi connectivity index (χ0) is 31.8. The van der Waals surface area contributed by atoms with E-state index in [1.807, 2.05) is 48.5 Å². The summed E-state index contributed by atoms with van der Waals surface area (Å²) in [6.45, 7) is 7.04. The predicted octanol–water partition coefficient (Wildman–Crippen LogP) is 5.58. The molecule has 9 nitrogen and oxygen atoms in total. The molecule has 0 saturated carbocycles. The predicted molar refractivity (Wildman–Crippen MR) is 173 cm³/mol. The second-order valence-corrected chi connectivity index (χ2v) is 15.0. The molecule has 44 heavy (non-hydrogen) atoms. The van der Waals surface area contributed by atoms with Gasteiger partial charge in [-0.1, -0.05) is 53.5 Å². The van der Waals surface area contributed by atoms with Gasteiger partial charge in [0.15, 0.2) is 0 Å². The Bertz CT molecular complexity index is 1570. The molecule has 0 atom stereocenters. The first kappa shape index (κ1) is 32.1. The van der Waals surface area contributed by atoms with Crippen LogP contribution in [0.1, 0.15) is 48.3 Å². The first-order valence-electron chi connectivity index (χ1n) is 14.3. The van der Waals surface area contributed by atoms with Crippen LogP contribution in [0.5, 0.6) is 0 Å². The van der Waals surface area contributed by atoms with Gasteiger partial charge < -0.3 is 15.0 Å². The molecule has 2 amide bonds. The minimum atomic E-state index is -3.68. The average molecular weight is 660 g/mol. The first-order chi connectivity index (χ1) is 20.7. The second kappa shape index (κ2) is 12.6. The molecule has 5 rings (SSSR count). The zero-order valence-electron chi connectivity index (χ0n) is 25.0. The van der Waals surface area contributed by atoms with Crippen molar-refractivity contribution in [3.63, 3.8) is 0 Å². The number of carbonyl (C=O) groups excluding carboxylic acids is 2. The molecule has 3 aromatic rings. The molecule has 2 saturated heterocycles. The Labute approximate surface area is 268 Å². The summed E-state index contributed by atoms with van der Waals surface area (Å²) in [6, 6.07) is 21.2. The van der Waals surface area contributed by atoms with Gasteiger partial charge in [-0.15, -0.1) is 0 Å². The van der Waals surface area contributed by atoms with Gasteiger partial charge in [-0.3, -0.25) is 14.0 Å². The highest BCUT2D eigenvalue weighted by Gasteiger charge is 2.41. The summed E-state index contributed by atoms with van der Waals surface area (Å²) in [7, 11) is -3.68. The van der Waals surface area contributed by atoms with Crippen molar-refractivity contribution in [2.45, 2.75) is 44.5 Å². The van der Waals surface area contributed by atoms with E-state index < -0.39 is 21.7 Å². The van der Waals surface area contributed by atoms with E-state index in [9.17, 15) is 18.0 Å². The molecule has 0 aliphatic carbocycles. The van der Waals surface area contributed by atoms with Gasteiger partial charge in [-0.2, -0.15) is 0 Å². The van der Waals surface area contributed by atoms with Crippen molar-refractivity contribution < 1.29 is 22.7 Å². The van der Waals surface area contributed by atoms with Gasteiger partial charge in [-0.25, -0.2) is 13.2 Å². The second-order valence-electron chi connectivity index (χ2n) is 12.3. The van der Waals surface area contributed by atoms with Crippen LogP contribution in [0.25, 0.3) is 0 Å². The monoisotopic (exact) mass is 658 g/mol. The number of rotatable bonds is 8. The number of benzene rings is 3. The third-order valence-electron chi connectivity index (χ3n) is 7.55. The minimum absolute atomic E-state index is 0.123. The SMILES string of the molecule is CC(C)(C)OC(=O)N1CC(NC(=O)c2cccc(N(C3CN(C(c4ccc(Cl)cc4)c4ccc(Cl)cc4)C3)S(C)(=O)=O)c2)C1. The van der Waals surface area contributed by atoms with Crippen LogP contribution in [-0.2, 0) is 14.8 Å². The Morgan fingerprint density at radius 2 is 1.45 bits per heavy atom. The molecule has 12 heteroatoms. The summed E-state index contributed by atoms with van der Waals surface area (Å²) in [5.74, 6) is -0.338. The number of hydrogen-bond acceptors (Lipinski definition) is 6. The molecule has 1 N–H and O–H groups in total. The number of likely N-dealkylation sites (tertiary alicyclic amines) is 2. The number of sulfonamides is 1. The lowest BCUT2D eigenvalue weighted by Gasteiger charge is -2.48. The molecular formula is C32H36Cl2N4O5S. The highest BCUT2D eigenvalue weighted by molar-refractivity contribution is 7.92. The number of nitrogens with one attached hydrogen (secondary N) is 1. The third kappa shape index (κ3) is 7.48. The van der Waals surface area contributed by atoms with Crippen LogP contribution in [0.4, 0.5) is 10.5 Å². The normalized spacial score (nSPS) is 16.3. The van der Waals surface area contributed by atoms with E-state index in [2.05, 4.69) is 10.2 Å².